The van der Waals surface area contributed by atoms with E-state index in [2.05, 4.69) is 0 Å². The van der Waals surface area contributed by atoms with Crippen LogP contribution in [0.4, 0.5) is 0 Å². The first-order valence-corrected chi connectivity index (χ1v) is 4.88. The van der Waals surface area contributed by atoms with Crippen LogP contribution in [0.1, 0.15) is 23.7 Å². The molecule has 4 nitrogen and oxygen atoms in total. The van der Waals surface area contributed by atoms with Gasteiger partial charge in [-0.15, -0.1) is 0 Å². The molecule has 0 N–H and O–H groups in total. The number of rotatable bonds is 3. The highest BCUT2D eigenvalue weighted by Gasteiger charge is 2.16. The van der Waals surface area contributed by atoms with Crippen molar-refractivity contribution in [2.24, 2.45) is 0 Å². The lowest BCUT2D eigenvalue weighted by molar-refractivity contribution is 0.0504. The number of hydrogen-bond acceptors (Lipinski definition) is 4. The van der Waals surface area contributed by atoms with E-state index in [9.17, 15) is 4.79 Å². The summed E-state index contributed by atoms with van der Waals surface area (Å²) >= 11 is 0. The van der Waals surface area contributed by atoms with Gasteiger partial charge in [-0.3, -0.25) is 0 Å². The average molecular weight is 208 g/mol. The van der Waals surface area contributed by atoms with E-state index in [0.717, 1.165) is 6.42 Å². The summed E-state index contributed by atoms with van der Waals surface area (Å²) < 4.78 is 15.3. The third-order valence-corrected chi connectivity index (χ3v) is 2.05. The van der Waals surface area contributed by atoms with Gasteiger partial charge in [0.05, 0.1) is 12.2 Å². The van der Waals surface area contributed by atoms with Gasteiger partial charge in [-0.2, -0.15) is 0 Å². The minimum atomic E-state index is -0.324. The molecule has 15 heavy (non-hydrogen) atoms. The molecule has 0 bridgehead atoms. The maximum atomic E-state index is 11.5. The van der Waals surface area contributed by atoms with E-state index in [-0.39, 0.29) is 12.8 Å². The van der Waals surface area contributed by atoms with Crippen molar-refractivity contribution in [3.63, 3.8) is 0 Å². The number of esters is 1. The van der Waals surface area contributed by atoms with Crippen LogP contribution < -0.4 is 9.47 Å². The molecule has 2 rings (SSSR count). The fraction of sp³-hybridized carbons (Fsp3) is 0.364. The van der Waals surface area contributed by atoms with Gasteiger partial charge in [-0.05, 0) is 24.6 Å². The monoisotopic (exact) mass is 208 g/mol. The number of fused-ring (bicyclic) bond motifs is 1. The zero-order chi connectivity index (χ0) is 10.7. The Labute approximate surface area is 87.8 Å². The number of benzene rings is 1. The minimum Gasteiger partial charge on any atom is -0.462 e. The van der Waals surface area contributed by atoms with Gasteiger partial charge in [-0.1, -0.05) is 6.92 Å². The maximum absolute atomic E-state index is 11.5. The molecule has 0 spiro atoms. The van der Waals surface area contributed by atoms with Crippen molar-refractivity contribution in [3.8, 4) is 11.5 Å². The Kier molecular flexibility index (Phi) is 2.76. The number of carbonyl (C=O) groups excluding carboxylic acids is 1. The molecular weight excluding hydrogens is 196 g/mol. The van der Waals surface area contributed by atoms with E-state index in [4.69, 9.17) is 14.2 Å². The Morgan fingerprint density at radius 2 is 2.20 bits per heavy atom. The van der Waals surface area contributed by atoms with Crippen molar-refractivity contribution in [1.82, 2.24) is 0 Å². The van der Waals surface area contributed by atoms with E-state index in [1.807, 2.05) is 6.92 Å². The summed E-state index contributed by atoms with van der Waals surface area (Å²) in [6.45, 7) is 2.60. The van der Waals surface area contributed by atoms with Crippen LogP contribution in [0.3, 0.4) is 0 Å². The van der Waals surface area contributed by atoms with Crippen LogP contribution in [-0.4, -0.2) is 19.4 Å². The Hall–Kier alpha value is -1.71. The van der Waals surface area contributed by atoms with Gasteiger partial charge in [0.2, 0.25) is 6.79 Å². The normalized spacial score (nSPS) is 12.6. The lowest BCUT2D eigenvalue weighted by Gasteiger charge is -2.03. The number of hydrogen-bond donors (Lipinski definition) is 0. The molecule has 80 valence electrons. The van der Waals surface area contributed by atoms with Crippen LogP contribution in [0, 0.1) is 0 Å². The molecule has 0 aromatic heterocycles. The summed E-state index contributed by atoms with van der Waals surface area (Å²) in [4.78, 5) is 11.5. The summed E-state index contributed by atoms with van der Waals surface area (Å²) in [5.74, 6) is 0.943. The molecule has 1 aromatic carbocycles. The van der Waals surface area contributed by atoms with Crippen LogP contribution in [0.25, 0.3) is 0 Å². The highest BCUT2D eigenvalue weighted by atomic mass is 16.7. The average Bonchev–Trinajstić information content (AvgIpc) is 2.72. The van der Waals surface area contributed by atoms with E-state index in [1.165, 1.54) is 0 Å². The predicted octanol–water partition coefficient (Wildman–Crippen LogP) is 1.98. The maximum Gasteiger partial charge on any atom is 0.338 e. The second-order valence-corrected chi connectivity index (χ2v) is 3.20. The largest absolute Gasteiger partial charge is 0.462 e. The predicted molar refractivity (Wildman–Crippen MR) is 53.1 cm³/mol. The Morgan fingerprint density at radius 3 is 3.00 bits per heavy atom. The first-order valence-electron chi connectivity index (χ1n) is 4.88. The molecule has 1 aromatic rings. The first kappa shape index (κ1) is 9.83. The zero-order valence-corrected chi connectivity index (χ0v) is 8.49. The molecule has 0 unspecified atom stereocenters. The molecule has 0 atom stereocenters. The molecule has 0 amide bonds. The second kappa shape index (κ2) is 4.21. The molecule has 0 radical (unpaired) electrons. The van der Waals surface area contributed by atoms with Crippen LogP contribution in [0.2, 0.25) is 0 Å². The van der Waals surface area contributed by atoms with Gasteiger partial charge < -0.3 is 14.2 Å². The molecule has 0 aliphatic carbocycles. The van der Waals surface area contributed by atoms with E-state index in [1.54, 1.807) is 18.2 Å². The van der Waals surface area contributed by atoms with Crippen molar-refractivity contribution in [2.75, 3.05) is 13.4 Å². The SMILES string of the molecule is CCCOC(=O)c1ccc2c(c1)OCO2. The fourth-order valence-electron chi connectivity index (χ4n) is 1.30. The lowest BCUT2D eigenvalue weighted by atomic mass is 10.2. The first-order chi connectivity index (χ1) is 7.31. The smallest absolute Gasteiger partial charge is 0.338 e. The van der Waals surface area contributed by atoms with Crippen LogP contribution >= 0.6 is 0 Å². The number of ether oxygens (including phenoxy) is 3. The van der Waals surface area contributed by atoms with Crippen molar-refractivity contribution >= 4 is 5.97 Å². The Bertz CT molecular complexity index is 373. The highest BCUT2D eigenvalue weighted by molar-refractivity contribution is 5.90. The molecule has 0 saturated carbocycles. The van der Waals surface area contributed by atoms with Gasteiger partial charge in [0.1, 0.15) is 0 Å². The topological polar surface area (TPSA) is 44.8 Å². The van der Waals surface area contributed by atoms with Crippen molar-refractivity contribution in [3.05, 3.63) is 23.8 Å². The molecule has 0 fully saturated rings. The summed E-state index contributed by atoms with van der Waals surface area (Å²) in [5.41, 5.74) is 0.493. The zero-order valence-electron chi connectivity index (χ0n) is 8.49. The van der Waals surface area contributed by atoms with E-state index in [0.29, 0.717) is 23.7 Å². The van der Waals surface area contributed by atoms with Crippen LogP contribution in [0.5, 0.6) is 11.5 Å². The molecular formula is C11H12O4. The van der Waals surface area contributed by atoms with Crippen molar-refractivity contribution < 1.29 is 19.0 Å². The third kappa shape index (κ3) is 2.03. The fourth-order valence-corrected chi connectivity index (χ4v) is 1.30. The molecule has 1 aliphatic rings. The van der Waals surface area contributed by atoms with E-state index < -0.39 is 0 Å². The molecule has 1 aliphatic heterocycles. The third-order valence-electron chi connectivity index (χ3n) is 2.05. The van der Waals surface area contributed by atoms with Gasteiger partial charge in [0, 0.05) is 0 Å². The minimum absolute atomic E-state index is 0.211. The van der Waals surface area contributed by atoms with Crippen molar-refractivity contribution in [1.29, 1.82) is 0 Å². The second-order valence-electron chi connectivity index (χ2n) is 3.20. The Balaban J connectivity index is 2.12. The lowest BCUT2D eigenvalue weighted by Crippen LogP contribution is -2.05. The van der Waals surface area contributed by atoms with Gasteiger partial charge in [-0.25, -0.2) is 4.79 Å². The summed E-state index contributed by atoms with van der Waals surface area (Å²) in [7, 11) is 0. The van der Waals surface area contributed by atoms with Crippen LogP contribution in [0.15, 0.2) is 18.2 Å². The molecule has 4 heteroatoms. The quantitative estimate of drug-likeness (QED) is 0.712. The Morgan fingerprint density at radius 1 is 1.40 bits per heavy atom. The van der Waals surface area contributed by atoms with Crippen molar-refractivity contribution in [2.45, 2.75) is 13.3 Å². The summed E-state index contributed by atoms with van der Waals surface area (Å²) in [6, 6.07) is 5.02. The summed E-state index contributed by atoms with van der Waals surface area (Å²) in [6.07, 6.45) is 0.816. The van der Waals surface area contributed by atoms with Crippen LogP contribution in [-0.2, 0) is 4.74 Å². The molecule has 0 saturated heterocycles. The van der Waals surface area contributed by atoms with Gasteiger partial charge >= 0.3 is 5.97 Å². The van der Waals surface area contributed by atoms with Gasteiger partial charge in [0.25, 0.3) is 0 Å². The highest BCUT2D eigenvalue weighted by Crippen LogP contribution is 2.32. The van der Waals surface area contributed by atoms with E-state index >= 15 is 0 Å². The standard InChI is InChI=1S/C11H12O4/c1-2-5-13-11(12)8-3-4-9-10(6-8)15-7-14-9/h3-4,6H,2,5,7H2,1H3. The number of carbonyl (C=O) groups is 1. The molecule has 1 heterocycles. The summed E-state index contributed by atoms with van der Waals surface area (Å²) in [5, 5.41) is 0. The van der Waals surface area contributed by atoms with Gasteiger partial charge in [0.15, 0.2) is 11.5 Å².